The average Bonchev–Trinajstić information content (AvgIpc) is 2.54. The van der Waals surface area contributed by atoms with E-state index in [2.05, 4.69) is 27.7 Å². The number of nitrogens with zero attached hydrogens (tertiary/aromatic N) is 1. The number of hydrogen-bond donors (Lipinski definition) is 2. The molecular weight excluding hydrogens is 266 g/mol. The first-order valence-corrected chi connectivity index (χ1v) is 7.16. The Balaban J connectivity index is 1.80. The fourth-order valence-corrected chi connectivity index (χ4v) is 2.65. The summed E-state index contributed by atoms with van der Waals surface area (Å²) in [5, 5.41) is 10.3. The van der Waals surface area contributed by atoms with E-state index in [1.165, 1.54) is 0 Å². The van der Waals surface area contributed by atoms with Crippen LogP contribution >= 0.6 is 0 Å². The maximum absolute atomic E-state index is 12.3. The van der Waals surface area contributed by atoms with Crippen molar-refractivity contribution in [2.24, 2.45) is 5.92 Å². The fraction of sp³-hybridized carbons (Fsp3) is 0.312. The van der Waals surface area contributed by atoms with Crippen molar-refractivity contribution in [1.82, 2.24) is 15.5 Å². The number of nitrogens with one attached hydrogen (secondary N) is 2. The van der Waals surface area contributed by atoms with Crippen molar-refractivity contribution in [3.8, 4) is 0 Å². The summed E-state index contributed by atoms with van der Waals surface area (Å²) in [7, 11) is 0. The summed E-state index contributed by atoms with van der Waals surface area (Å²) in [5.74, 6) is 0.241. The molecule has 0 saturated carbocycles. The van der Waals surface area contributed by atoms with Crippen LogP contribution < -0.4 is 10.9 Å². The SMILES string of the molecule is O=C(NCC1CC=CCC1)c1n[nH]c(=O)c2ccccc12. The summed E-state index contributed by atoms with van der Waals surface area (Å²) in [6.07, 6.45) is 7.50. The van der Waals surface area contributed by atoms with Crippen molar-refractivity contribution < 1.29 is 4.79 Å². The molecule has 21 heavy (non-hydrogen) atoms. The lowest BCUT2D eigenvalue weighted by Gasteiger charge is -2.18. The van der Waals surface area contributed by atoms with Crippen LogP contribution in [0.1, 0.15) is 29.8 Å². The van der Waals surface area contributed by atoms with Crippen LogP contribution in [0.2, 0.25) is 0 Å². The van der Waals surface area contributed by atoms with E-state index in [-0.39, 0.29) is 17.2 Å². The lowest BCUT2D eigenvalue weighted by molar-refractivity contribution is 0.0942. The molecule has 1 aromatic heterocycles. The Kier molecular flexibility index (Phi) is 3.81. The highest BCUT2D eigenvalue weighted by molar-refractivity contribution is 6.04. The quantitative estimate of drug-likeness (QED) is 0.846. The highest BCUT2D eigenvalue weighted by Gasteiger charge is 2.16. The van der Waals surface area contributed by atoms with Gasteiger partial charge in [-0.05, 0) is 31.2 Å². The van der Waals surface area contributed by atoms with Crippen LogP contribution in [0.3, 0.4) is 0 Å². The summed E-state index contributed by atoms with van der Waals surface area (Å²) in [5.41, 5.74) is -0.00359. The first-order valence-electron chi connectivity index (χ1n) is 7.16. The average molecular weight is 283 g/mol. The van der Waals surface area contributed by atoms with Gasteiger partial charge in [0.15, 0.2) is 5.69 Å². The lowest BCUT2D eigenvalue weighted by Crippen LogP contribution is -2.31. The smallest absolute Gasteiger partial charge is 0.272 e. The number of rotatable bonds is 3. The van der Waals surface area contributed by atoms with Crippen LogP contribution in [0.5, 0.6) is 0 Å². The van der Waals surface area contributed by atoms with E-state index in [0.29, 0.717) is 23.2 Å². The van der Waals surface area contributed by atoms with E-state index in [9.17, 15) is 9.59 Å². The molecule has 1 atom stereocenters. The second-order valence-corrected chi connectivity index (χ2v) is 5.31. The van der Waals surface area contributed by atoms with Gasteiger partial charge in [-0.2, -0.15) is 5.10 Å². The van der Waals surface area contributed by atoms with Gasteiger partial charge in [0.1, 0.15) is 0 Å². The molecule has 108 valence electrons. The molecule has 1 heterocycles. The summed E-state index contributed by atoms with van der Waals surface area (Å²) >= 11 is 0. The van der Waals surface area contributed by atoms with Gasteiger partial charge in [0, 0.05) is 11.9 Å². The molecule has 1 aromatic carbocycles. The van der Waals surface area contributed by atoms with Gasteiger partial charge in [-0.1, -0.05) is 30.4 Å². The number of amides is 1. The third kappa shape index (κ3) is 2.86. The summed E-state index contributed by atoms with van der Waals surface area (Å²) < 4.78 is 0. The van der Waals surface area contributed by atoms with E-state index in [4.69, 9.17) is 0 Å². The standard InChI is InChI=1S/C16H17N3O2/c20-15-13-9-5-4-8-12(13)14(18-19-15)16(21)17-10-11-6-2-1-3-7-11/h1-2,4-5,8-9,11H,3,6-7,10H2,(H,17,21)(H,19,20). The molecule has 5 heteroatoms. The summed E-state index contributed by atoms with van der Waals surface area (Å²) in [6.45, 7) is 0.637. The van der Waals surface area contributed by atoms with Crippen molar-refractivity contribution >= 4 is 16.7 Å². The molecule has 1 aliphatic rings. The van der Waals surface area contributed by atoms with E-state index < -0.39 is 0 Å². The second-order valence-electron chi connectivity index (χ2n) is 5.31. The number of aromatic amines is 1. The minimum Gasteiger partial charge on any atom is -0.350 e. The molecule has 1 unspecified atom stereocenters. The molecule has 2 N–H and O–H groups in total. The number of carbonyl (C=O) groups excluding carboxylic acids is 1. The number of hydrogen-bond acceptors (Lipinski definition) is 3. The fourth-order valence-electron chi connectivity index (χ4n) is 2.65. The zero-order valence-electron chi connectivity index (χ0n) is 11.6. The maximum atomic E-state index is 12.3. The van der Waals surface area contributed by atoms with Crippen LogP contribution in [0.25, 0.3) is 10.8 Å². The number of benzene rings is 1. The molecular formula is C16H17N3O2. The van der Waals surface area contributed by atoms with Crippen molar-refractivity contribution in [2.45, 2.75) is 19.3 Å². The predicted octanol–water partition coefficient (Wildman–Crippen LogP) is 2.01. The number of fused-ring (bicyclic) bond motifs is 1. The summed E-state index contributed by atoms with van der Waals surface area (Å²) in [6, 6.07) is 7.01. The highest BCUT2D eigenvalue weighted by Crippen LogP contribution is 2.17. The topological polar surface area (TPSA) is 74.8 Å². The number of carbonyl (C=O) groups is 1. The van der Waals surface area contributed by atoms with Gasteiger partial charge in [-0.25, -0.2) is 5.10 Å². The van der Waals surface area contributed by atoms with Gasteiger partial charge in [-0.3, -0.25) is 9.59 Å². The van der Waals surface area contributed by atoms with Crippen LogP contribution in [0.4, 0.5) is 0 Å². The molecule has 0 bridgehead atoms. The third-order valence-corrected chi connectivity index (χ3v) is 3.84. The molecule has 0 spiro atoms. The Labute approximate surface area is 122 Å². The van der Waals surface area contributed by atoms with Gasteiger partial charge in [0.25, 0.3) is 11.5 Å². The molecule has 2 aromatic rings. The van der Waals surface area contributed by atoms with Crippen molar-refractivity contribution in [2.75, 3.05) is 6.54 Å². The van der Waals surface area contributed by atoms with E-state index >= 15 is 0 Å². The van der Waals surface area contributed by atoms with Gasteiger partial charge in [0.2, 0.25) is 0 Å². The second kappa shape index (κ2) is 5.91. The Morgan fingerprint density at radius 2 is 2.10 bits per heavy atom. The van der Waals surface area contributed by atoms with Crippen LogP contribution in [-0.4, -0.2) is 22.6 Å². The molecule has 5 nitrogen and oxygen atoms in total. The van der Waals surface area contributed by atoms with E-state index in [1.54, 1.807) is 24.3 Å². The molecule has 0 aliphatic heterocycles. The molecule has 1 aliphatic carbocycles. The van der Waals surface area contributed by atoms with Crippen molar-refractivity contribution in [3.63, 3.8) is 0 Å². The van der Waals surface area contributed by atoms with Crippen LogP contribution in [-0.2, 0) is 0 Å². The maximum Gasteiger partial charge on any atom is 0.272 e. The monoisotopic (exact) mass is 283 g/mol. The molecule has 0 radical (unpaired) electrons. The number of aromatic nitrogens is 2. The number of H-pyrrole nitrogens is 1. The summed E-state index contributed by atoms with van der Waals surface area (Å²) in [4.78, 5) is 24.0. The normalized spacial score (nSPS) is 17.8. The Morgan fingerprint density at radius 3 is 2.86 bits per heavy atom. The third-order valence-electron chi connectivity index (χ3n) is 3.84. The predicted molar refractivity (Wildman–Crippen MR) is 81.2 cm³/mol. The van der Waals surface area contributed by atoms with Gasteiger partial charge in [0.05, 0.1) is 5.39 Å². The Bertz CT molecular complexity index is 749. The van der Waals surface area contributed by atoms with Gasteiger partial charge >= 0.3 is 0 Å². The van der Waals surface area contributed by atoms with Crippen LogP contribution in [0.15, 0.2) is 41.2 Å². The minimum absolute atomic E-state index is 0.239. The first-order chi connectivity index (χ1) is 10.3. The largest absolute Gasteiger partial charge is 0.350 e. The van der Waals surface area contributed by atoms with E-state index in [0.717, 1.165) is 19.3 Å². The molecule has 0 fully saturated rings. The van der Waals surface area contributed by atoms with Crippen molar-refractivity contribution in [3.05, 3.63) is 52.5 Å². The van der Waals surface area contributed by atoms with Gasteiger partial charge in [-0.15, -0.1) is 0 Å². The molecule has 3 rings (SSSR count). The highest BCUT2D eigenvalue weighted by atomic mass is 16.2. The van der Waals surface area contributed by atoms with Crippen LogP contribution in [0, 0.1) is 5.92 Å². The Morgan fingerprint density at radius 1 is 1.29 bits per heavy atom. The van der Waals surface area contributed by atoms with E-state index in [1.807, 2.05) is 0 Å². The minimum atomic E-state index is -0.278. The Hall–Kier alpha value is -2.43. The zero-order chi connectivity index (χ0) is 14.7. The zero-order valence-corrected chi connectivity index (χ0v) is 11.6. The lowest BCUT2D eigenvalue weighted by atomic mass is 9.94. The molecule has 1 amide bonds. The molecule has 0 saturated heterocycles. The number of allylic oxidation sites excluding steroid dienone is 2. The van der Waals surface area contributed by atoms with Gasteiger partial charge < -0.3 is 5.32 Å². The first kappa shape index (κ1) is 13.5. The van der Waals surface area contributed by atoms with Crippen molar-refractivity contribution in [1.29, 1.82) is 0 Å².